The fourth-order valence-corrected chi connectivity index (χ4v) is 3.39. The van der Waals surface area contributed by atoms with Gasteiger partial charge >= 0.3 is 6.18 Å². The quantitative estimate of drug-likeness (QED) is 0.889. The highest BCUT2D eigenvalue weighted by Gasteiger charge is 2.34. The van der Waals surface area contributed by atoms with E-state index in [0.717, 1.165) is 30.9 Å². The summed E-state index contributed by atoms with van der Waals surface area (Å²) in [6.07, 6.45) is -1.60. The van der Waals surface area contributed by atoms with Crippen molar-refractivity contribution in [3.63, 3.8) is 0 Å². The molecule has 4 nitrogen and oxygen atoms in total. The minimum Gasteiger partial charge on any atom is -0.349 e. The highest BCUT2D eigenvalue weighted by Crippen LogP contribution is 2.30. The van der Waals surface area contributed by atoms with Crippen molar-refractivity contribution in [3.05, 3.63) is 52.8 Å². The number of alkyl halides is 3. The molecule has 7 heteroatoms. The number of carbonyl (C=O) groups excluding carboxylic acids is 1. The van der Waals surface area contributed by atoms with Gasteiger partial charge in [-0.3, -0.25) is 9.48 Å². The summed E-state index contributed by atoms with van der Waals surface area (Å²) in [4.78, 5) is 12.6. The van der Waals surface area contributed by atoms with Crippen molar-refractivity contribution in [3.8, 4) is 0 Å². The molecule has 1 aliphatic carbocycles. The summed E-state index contributed by atoms with van der Waals surface area (Å²) in [6, 6.07) is 9.00. The van der Waals surface area contributed by atoms with Crippen LogP contribution in [0.15, 0.2) is 30.3 Å². The predicted octanol–water partition coefficient (Wildman–Crippen LogP) is 4.04. The van der Waals surface area contributed by atoms with Crippen LogP contribution in [-0.4, -0.2) is 15.7 Å². The number of hydrogen-bond donors (Lipinski definition) is 1. The molecule has 1 aromatic heterocycles. The van der Waals surface area contributed by atoms with E-state index in [1.54, 1.807) is 13.8 Å². The van der Waals surface area contributed by atoms with Crippen molar-refractivity contribution in [2.24, 2.45) is 5.92 Å². The van der Waals surface area contributed by atoms with Crippen LogP contribution in [0.5, 0.6) is 0 Å². The molecular weight excluding hydrogens is 343 g/mol. The number of nitrogens with one attached hydrogen (secondary N) is 1. The third-order valence-electron chi connectivity index (χ3n) is 4.85. The minimum atomic E-state index is -4.48. The molecule has 26 heavy (non-hydrogen) atoms. The molecule has 1 amide bonds. The van der Waals surface area contributed by atoms with Crippen molar-refractivity contribution in [1.82, 2.24) is 15.1 Å². The van der Waals surface area contributed by atoms with Crippen LogP contribution in [0.25, 0.3) is 0 Å². The monoisotopic (exact) mass is 365 g/mol. The van der Waals surface area contributed by atoms with Gasteiger partial charge in [-0.25, -0.2) is 0 Å². The van der Waals surface area contributed by atoms with Gasteiger partial charge in [-0.05, 0) is 43.4 Å². The zero-order valence-electron chi connectivity index (χ0n) is 14.8. The fraction of sp³-hybridized carbons (Fsp3) is 0.474. The van der Waals surface area contributed by atoms with Crippen LogP contribution in [0, 0.1) is 12.8 Å². The number of rotatable bonds is 4. The zero-order valence-corrected chi connectivity index (χ0v) is 14.8. The Balaban J connectivity index is 1.67. The van der Waals surface area contributed by atoms with Crippen molar-refractivity contribution < 1.29 is 18.0 Å². The maximum Gasteiger partial charge on any atom is 0.435 e. The largest absolute Gasteiger partial charge is 0.435 e. The maximum atomic E-state index is 12.8. The molecule has 0 aliphatic heterocycles. The summed E-state index contributed by atoms with van der Waals surface area (Å²) in [5.74, 6) is -0.654. The normalized spacial score (nSPS) is 18.3. The van der Waals surface area contributed by atoms with E-state index in [9.17, 15) is 18.0 Å². The second kappa shape index (κ2) is 7.13. The lowest BCUT2D eigenvalue weighted by molar-refractivity contribution is -0.141. The molecule has 0 saturated heterocycles. The minimum absolute atomic E-state index is 0.0423. The lowest BCUT2D eigenvalue weighted by Crippen LogP contribution is -2.36. The van der Waals surface area contributed by atoms with Crippen LogP contribution in [0.2, 0.25) is 0 Å². The molecule has 0 radical (unpaired) electrons. The summed E-state index contributed by atoms with van der Waals surface area (Å²) >= 11 is 0. The predicted molar refractivity (Wildman–Crippen MR) is 91.4 cm³/mol. The number of aryl methyl sites for hydroxylation is 2. The molecule has 1 aromatic carbocycles. The smallest absolute Gasteiger partial charge is 0.349 e. The lowest BCUT2D eigenvalue weighted by Gasteiger charge is -2.27. The van der Waals surface area contributed by atoms with Gasteiger partial charge in [0.25, 0.3) is 0 Å². The molecule has 2 aromatic rings. The van der Waals surface area contributed by atoms with Crippen LogP contribution in [0.3, 0.4) is 0 Å². The van der Waals surface area contributed by atoms with Gasteiger partial charge in [-0.15, -0.1) is 0 Å². The van der Waals surface area contributed by atoms with E-state index in [-0.39, 0.29) is 18.5 Å². The van der Waals surface area contributed by atoms with Gasteiger partial charge in [0.15, 0.2) is 5.69 Å². The molecule has 1 aliphatic rings. The second-order valence-electron chi connectivity index (χ2n) is 6.90. The Hall–Kier alpha value is -2.31. The molecule has 1 heterocycles. The number of fused-ring (bicyclic) bond motifs is 1. The van der Waals surface area contributed by atoms with Crippen LogP contribution < -0.4 is 5.32 Å². The summed E-state index contributed by atoms with van der Waals surface area (Å²) in [5.41, 5.74) is 1.84. The van der Waals surface area contributed by atoms with Crippen LogP contribution in [0.1, 0.15) is 48.3 Å². The van der Waals surface area contributed by atoms with Crippen molar-refractivity contribution >= 4 is 5.91 Å². The summed E-state index contributed by atoms with van der Waals surface area (Å²) in [6.45, 7) is 3.38. The van der Waals surface area contributed by atoms with E-state index >= 15 is 0 Å². The van der Waals surface area contributed by atoms with E-state index in [1.165, 1.54) is 10.2 Å². The van der Waals surface area contributed by atoms with Crippen LogP contribution in [0.4, 0.5) is 13.2 Å². The van der Waals surface area contributed by atoms with Gasteiger partial charge < -0.3 is 5.32 Å². The van der Waals surface area contributed by atoms with Gasteiger partial charge in [0.1, 0.15) is 0 Å². The lowest BCUT2D eigenvalue weighted by atomic mass is 9.87. The van der Waals surface area contributed by atoms with E-state index in [4.69, 9.17) is 0 Å². The summed E-state index contributed by atoms with van der Waals surface area (Å²) in [7, 11) is 0. The van der Waals surface area contributed by atoms with Crippen molar-refractivity contribution in [2.45, 2.75) is 51.9 Å². The molecule has 0 fully saturated rings. The number of amides is 1. The maximum absolute atomic E-state index is 12.8. The zero-order chi connectivity index (χ0) is 18.9. The number of aromatic nitrogens is 2. The Labute approximate surface area is 150 Å². The van der Waals surface area contributed by atoms with Gasteiger partial charge in [-0.1, -0.05) is 31.2 Å². The highest BCUT2D eigenvalue weighted by atomic mass is 19.4. The third kappa shape index (κ3) is 3.92. The molecule has 0 spiro atoms. The molecular formula is C19H22F3N3O. The Kier molecular flexibility index (Phi) is 5.07. The topological polar surface area (TPSA) is 46.9 Å². The number of hydrogen-bond acceptors (Lipinski definition) is 2. The molecule has 0 saturated carbocycles. The number of benzene rings is 1. The van der Waals surface area contributed by atoms with Gasteiger partial charge in [0.05, 0.1) is 18.5 Å². The van der Waals surface area contributed by atoms with Gasteiger partial charge in [-0.2, -0.15) is 18.3 Å². The Bertz CT molecular complexity index is 798. The van der Waals surface area contributed by atoms with Crippen LogP contribution in [-0.2, 0) is 23.9 Å². The third-order valence-corrected chi connectivity index (χ3v) is 4.85. The second-order valence-corrected chi connectivity index (χ2v) is 6.90. The molecule has 0 bridgehead atoms. The summed E-state index contributed by atoms with van der Waals surface area (Å²) < 4.78 is 39.6. The Morgan fingerprint density at radius 3 is 2.81 bits per heavy atom. The first-order valence-electron chi connectivity index (χ1n) is 8.75. The summed E-state index contributed by atoms with van der Waals surface area (Å²) in [5, 5.41) is 6.65. The Morgan fingerprint density at radius 2 is 2.12 bits per heavy atom. The molecule has 0 unspecified atom stereocenters. The average Bonchev–Trinajstić information content (AvgIpc) is 2.96. The molecule has 140 valence electrons. The fourth-order valence-electron chi connectivity index (χ4n) is 3.39. The highest BCUT2D eigenvalue weighted by molar-refractivity contribution is 5.78. The first-order chi connectivity index (χ1) is 12.3. The first kappa shape index (κ1) is 18.5. The molecule has 3 rings (SSSR count). The van der Waals surface area contributed by atoms with E-state index in [2.05, 4.69) is 16.5 Å². The van der Waals surface area contributed by atoms with Crippen molar-refractivity contribution in [2.75, 3.05) is 0 Å². The van der Waals surface area contributed by atoms with Gasteiger partial charge in [0.2, 0.25) is 5.91 Å². The standard InChI is InChI=1S/C19H22F3N3O/c1-12(11-25-13(2)10-17(24-25)19(20,21)22)18(26)23-16-9-5-7-14-6-3-4-8-15(14)16/h3-4,6,8,10,12,16H,5,7,9,11H2,1-2H3,(H,23,26)/t12-,16+/m1/s1. The first-order valence-corrected chi connectivity index (χ1v) is 8.75. The van der Waals surface area contributed by atoms with E-state index in [1.807, 2.05) is 18.2 Å². The molecule has 1 N–H and O–H groups in total. The number of nitrogens with zero attached hydrogens (tertiary/aromatic N) is 2. The van der Waals surface area contributed by atoms with Crippen LogP contribution >= 0.6 is 0 Å². The Morgan fingerprint density at radius 1 is 1.38 bits per heavy atom. The molecule has 2 atom stereocenters. The number of halogens is 3. The average molecular weight is 365 g/mol. The number of carbonyl (C=O) groups is 1. The van der Waals surface area contributed by atoms with E-state index < -0.39 is 17.8 Å². The van der Waals surface area contributed by atoms with Crippen molar-refractivity contribution in [1.29, 1.82) is 0 Å². The van der Waals surface area contributed by atoms with E-state index in [0.29, 0.717) is 5.69 Å². The van der Waals surface area contributed by atoms with Gasteiger partial charge in [0, 0.05) is 5.69 Å². The SMILES string of the molecule is Cc1cc(C(F)(F)F)nn1C[C@@H](C)C(=O)N[C@H]1CCCc2ccccc21.